The highest BCUT2D eigenvalue weighted by atomic mass is 16.1. The fourth-order valence-corrected chi connectivity index (χ4v) is 2.55. The van der Waals surface area contributed by atoms with E-state index in [1.165, 1.54) is 58.0 Å². The lowest BCUT2D eigenvalue weighted by molar-refractivity contribution is -0.107. The molecule has 88 valence electrons. The van der Waals surface area contributed by atoms with Crippen LogP contribution in [0.3, 0.4) is 0 Å². The van der Waals surface area contributed by atoms with Gasteiger partial charge in [-0.25, -0.2) is 0 Å². The van der Waals surface area contributed by atoms with Gasteiger partial charge in [-0.05, 0) is 38.8 Å². The van der Waals surface area contributed by atoms with Crippen molar-refractivity contribution in [3.8, 4) is 0 Å². The standard InChI is InChI=1S/C10H19N.C3H6O/c1-4-8-11(9-5-1)10-6-2-3-7-10;1-2-3-4/h10H,1-9H2;3H,2H2,1H3. The van der Waals surface area contributed by atoms with Gasteiger partial charge >= 0.3 is 0 Å². The quantitative estimate of drug-likeness (QED) is 0.654. The summed E-state index contributed by atoms with van der Waals surface area (Å²) < 4.78 is 0. The summed E-state index contributed by atoms with van der Waals surface area (Å²) in [7, 11) is 0. The van der Waals surface area contributed by atoms with E-state index in [2.05, 4.69) is 4.90 Å². The maximum Gasteiger partial charge on any atom is 0.119 e. The van der Waals surface area contributed by atoms with Gasteiger partial charge in [0.05, 0.1) is 0 Å². The van der Waals surface area contributed by atoms with Crippen LogP contribution in [0.1, 0.15) is 58.3 Å². The third kappa shape index (κ3) is 4.78. The van der Waals surface area contributed by atoms with Crippen LogP contribution in [0.4, 0.5) is 0 Å². The van der Waals surface area contributed by atoms with E-state index in [1.54, 1.807) is 0 Å². The maximum absolute atomic E-state index is 9.17. The number of rotatable bonds is 2. The molecule has 0 aromatic rings. The average molecular weight is 211 g/mol. The number of carbonyl (C=O) groups is 1. The number of piperidine rings is 1. The highest BCUT2D eigenvalue weighted by Crippen LogP contribution is 2.25. The molecule has 1 saturated carbocycles. The van der Waals surface area contributed by atoms with Crippen LogP contribution >= 0.6 is 0 Å². The normalized spacial score (nSPS) is 23.3. The van der Waals surface area contributed by atoms with Crippen molar-refractivity contribution in [3.05, 3.63) is 0 Å². The molecule has 2 heteroatoms. The van der Waals surface area contributed by atoms with E-state index >= 15 is 0 Å². The topological polar surface area (TPSA) is 20.3 Å². The molecule has 0 bridgehead atoms. The van der Waals surface area contributed by atoms with E-state index in [9.17, 15) is 4.79 Å². The van der Waals surface area contributed by atoms with Crippen LogP contribution in [0.15, 0.2) is 0 Å². The largest absolute Gasteiger partial charge is 0.303 e. The number of nitrogens with zero attached hydrogens (tertiary/aromatic N) is 1. The van der Waals surface area contributed by atoms with Crippen LogP contribution in [-0.2, 0) is 4.79 Å². The summed E-state index contributed by atoms with van der Waals surface area (Å²) in [6.45, 7) is 4.60. The molecular formula is C13H25NO. The lowest BCUT2D eigenvalue weighted by atomic mass is 10.1. The molecule has 0 aromatic heterocycles. The van der Waals surface area contributed by atoms with Crippen molar-refractivity contribution >= 4 is 6.29 Å². The van der Waals surface area contributed by atoms with Gasteiger partial charge in [-0.2, -0.15) is 0 Å². The second-order valence-corrected chi connectivity index (χ2v) is 4.61. The van der Waals surface area contributed by atoms with Crippen LogP contribution in [-0.4, -0.2) is 30.3 Å². The van der Waals surface area contributed by atoms with Gasteiger partial charge in [0.2, 0.25) is 0 Å². The molecule has 0 atom stereocenters. The summed E-state index contributed by atoms with van der Waals surface area (Å²) in [6, 6.07) is 0.982. The van der Waals surface area contributed by atoms with Crippen molar-refractivity contribution in [2.24, 2.45) is 0 Å². The Morgan fingerprint density at radius 1 is 1.07 bits per heavy atom. The van der Waals surface area contributed by atoms with E-state index in [0.717, 1.165) is 12.3 Å². The van der Waals surface area contributed by atoms with E-state index in [0.29, 0.717) is 6.42 Å². The third-order valence-electron chi connectivity index (χ3n) is 3.40. The summed E-state index contributed by atoms with van der Waals surface area (Å²) in [5, 5.41) is 0. The van der Waals surface area contributed by atoms with Crippen molar-refractivity contribution in [3.63, 3.8) is 0 Å². The molecule has 2 aliphatic rings. The molecule has 0 N–H and O–H groups in total. The molecule has 2 nitrogen and oxygen atoms in total. The first-order chi connectivity index (χ1) is 7.38. The summed E-state index contributed by atoms with van der Waals surface area (Å²) in [5.74, 6) is 0. The van der Waals surface area contributed by atoms with Gasteiger partial charge in [0.1, 0.15) is 6.29 Å². The van der Waals surface area contributed by atoms with Crippen LogP contribution in [0.5, 0.6) is 0 Å². The first kappa shape index (κ1) is 12.7. The predicted molar refractivity (Wildman–Crippen MR) is 64.0 cm³/mol. The number of carbonyl (C=O) groups excluding carboxylic acids is 1. The Hall–Kier alpha value is -0.370. The first-order valence-corrected chi connectivity index (χ1v) is 6.56. The van der Waals surface area contributed by atoms with Gasteiger partial charge in [0.25, 0.3) is 0 Å². The first-order valence-electron chi connectivity index (χ1n) is 6.56. The van der Waals surface area contributed by atoms with Crippen molar-refractivity contribution in [2.45, 2.75) is 64.3 Å². The van der Waals surface area contributed by atoms with Crippen LogP contribution in [0, 0.1) is 0 Å². The Morgan fingerprint density at radius 2 is 1.60 bits per heavy atom. The summed E-state index contributed by atoms with van der Waals surface area (Å²) in [5.41, 5.74) is 0. The third-order valence-corrected chi connectivity index (χ3v) is 3.40. The molecule has 1 heterocycles. The van der Waals surface area contributed by atoms with E-state index < -0.39 is 0 Å². The molecule has 0 radical (unpaired) electrons. The van der Waals surface area contributed by atoms with Crippen molar-refractivity contribution in [2.75, 3.05) is 13.1 Å². The highest BCUT2D eigenvalue weighted by Gasteiger charge is 2.23. The molecule has 1 saturated heterocycles. The Bertz CT molecular complexity index is 158. The Balaban J connectivity index is 0.000000245. The van der Waals surface area contributed by atoms with Gasteiger partial charge in [-0.3, -0.25) is 0 Å². The zero-order valence-corrected chi connectivity index (χ0v) is 10.1. The smallest absolute Gasteiger partial charge is 0.119 e. The summed E-state index contributed by atoms with van der Waals surface area (Å²) in [6.07, 6.45) is 11.8. The minimum absolute atomic E-state index is 0.639. The van der Waals surface area contributed by atoms with E-state index in [1.807, 2.05) is 6.92 Å². The van der Waals surface area contributed by atoms with Crippen molar-refractivity contribution in [1.29, 1.82) is 0 Å². The van der Waals surface area contributed by atoms with Gasteiger partial charge in [-0.1, -0.05) is 26.2 Å². The fourth-order valence-electron chi connectivity index (χ4n) is 2.55. The van der Waals surface area contributed by atoms with Crippen molar-refractivity contribution in [1.82, 2.24) is 4.90 Å². The lowest BCUT2D eigenvalue weighted by Crippen LogP contribution is -2.37. The van der Waals surface area contributed by atoms with Crippen LogP contribution in [0.2, 0.25) is 0 Å². The number of hydrogen-bond donors (Lipinski definition) is 0. The van der Waals surface area contributed by atoms with Gasteiger partial charge in [0, 0.05) is 12.5 Å². The average Bonchev–Trinajstić information content (AvgIpc) is 2.84. The fraction of sp³-hybridized carbons (Fsp3) is 0.923. The molecule has 1 aliphatic heterocycles. The number of aldehydes is 1. The maximum atomic E-state index is 9.17. The molecule has 0 amide bonds. The van der Waals surface area contributed by atoms with E-state index in [-0.39, 0.29) is 0 Å². The van der Waals surface area contributed by atoms with E-state index in [4.69, 9.17) is 0 Å². The number of likely N-dealkylation sites (tertiary alicyclic amines) is 1. The molecule has 0 aromatic carbocycles. The minimum atomic E-state index is 0.639. The van der Waals surface area contributed by atoms with Gasteiger partial charge < -0.3 is 9.69 Å². The van der Waals surface area contributed by atoms with Gasteiger partial charge in [-0.15, -0.1) is 0 Å². The SMILES string of the molecule is C1CCN(C2CCCC2)CC1.CCC=O. The summed E-state index contributed by atoms with van der Waals surface area (Å²) in [4.78, 5) is 11.9. The van der Waals surface area contributed by atoms with Crippen LogP contribution < -0.4 is 0 Å². The monoisotopic (exact) mass is 211 g/mol. The molecule has 0 unspecified atom stereocenters. The second-order valence-electron chi connectivity index (χ2n) is 4.61. The highest BCUT2D eigenvalue weighted by molar-refractivity contribution is 5.48. The summed E-state index contributed by atoms with van der Waals surface area (Å²) >= 11 is 0. The predicted octanol–water partition coefficient (Wildman–Crippen LogP) is 3.01. The Labute approximate surface area is 94.0 Å². The molecule has 2 rings (SSSR count). The molecule has 15 heavy (non-hydrogen) atoms. The zero-order valence-electron chi connectivity index (χ0n) is 10.1. The molecule has 2 fully saturated rings. The zero-order chi connectivity index (χ0) is 10.9. The molecule has 0 spiro atoms. The molecular weight excluding hydrogens is 186 g/mol. The lowest BCUT2D eigenvalue weighted by Gasteiger charge is -2.31. The second kappa shape index (κ2) is 7.86. The number of hydrogen-bond acceptors (Lipinski definition) is 2. The molecule has 1 aliphatic carbocycles. The van der Waals surface area contributed by atoms with Crippen molar-refractivity contribution < 1.29 is 4.79 Å². The Kier molecular flexibility index (Phi) is 6.66. The van der Waals surface area contributed by atoms with Gasteiger partial charge in [0.15, 0.2) is 0 Å². The minimum Gasteiger partial charge on any atom is -0.303 e. The Morgan fingerprint density at radius 3 is 2.07 bits per heavy atom. The van der Waals surface area contributed by atoms with Crippen LogP contribution in [0.25, 0.3) is 0 Å².